The lowest BCUT2D eigenvalue weighted by molar-refractivity contribution is -0.121. The molecule has 1 unspecified atom stereocenters. The Morgan fingerprint density at radius 2 is 2.11 bits per heavy atom. The van der Waals surface area contributed by atoms with Crippen LogP contribution < -0.4 is 15.4 Å². The van der Waals surface area contributed by atoms with Crippen LogP contribution in [0.1, 0.15) is 20.8 Å². The summed E-state index contributed by atoms with van der Waals surface area (Å²) >= 11 is 5.88. The van der Waals surface area contributed by atoms with Gasteiger partial charge >= 0.3 is 0 Å². The van der Waals surface area contributed by atoms with Gasteiger partial charge in [0.15, 0.2) is 16.7 Å². The van der Waals surface area contributed by atoms with Crippen LogP contribution in [-0.4, -0.2) is 35.6 Å². The number of aromatic nitrogens is 2. The summed E-state index contributed by atoms with van der Waals surface area (Å²) in [7, 11) is 1.47. The van der Waals surface area contributed by atoms with Crippen LogP contribution in [0.4, 0.5) is 5.82 Å². The number of carbonyl (C=O) groups excluding carboxylic acids is 1. The van der Waals surface area contributed by atoms with Gasteiger partial charge in [-0.2, -0.15) is 0 Å². The molecule has 1 atom stereocenters. The van der Waals surface area contributed by atoms with Crippen molar-refractivity contribution >= 4 is 23.3 Å². The molecule has 0 bridgehead atoms. The molecule has 1 rings (SSSR count). The third kappa shape index (κ3) is 4.55. The van der Waals surface area contributed by atoms with Gasteiger partial charge in [0.05, 0.1) is 7.11 Å². The van der Waals surface area contributed by atoms with Crippen molar-refractivity contribution in [2.24, 2.45) is 5.92 Å². The summed E-state index contributed by atoms with van der Waals surface area (Å²) in [6.07, 6.45) is 1.31. The first-order chi connectivity index (χ1) is 8.95. The van der Waals surface area contributed by atoms with E-state index in [1.165, 1.54) is 13.4 Å². The van der Waals surface area contributed by atoms with Gasteiger partial charge in [-0.15, -0.1) is 0 Å². The molecule has 0 aromatic carbocycles. The molecular weight excluding hydrogens is 268 g/mol. The lowest BCUT2D eigenvalue weighted by Gasteiger charge is -2.17. The first kappa shape index (κ1) is 15.5. The van der Waals surface area contributed by atoms with Gasteiger partial charge in [0.1, 0.15) is 12.4 Å². The normalized spacial score (nSPS) is 12.1. The van der Waals surface area contributed by atoms with Gasteiger partial charge in [0, 0.05) is 6.54 Å². The third-order valence-corrected chi connectivity index (χ3v) is 2.66. The van der Waals surface area contributed by atoms with Gasteiger partial charge in [-0.1, -0.05) is 25.4 Å². The Bertz CT molecular complexity index is 440. The number of rotatable bonds is 6. The topological polar surface area (TPSA) is 76.1 Å². The largest absolute Gasteiger partial charge is 0.490 e. The molecule has 0 saturated carbocycles. The van der Waals surface area contributed by atoms with Crippen LogP contribution in [0.25, 0.3) is 0 Å². The van der Waals surface area contributed by atoms with Gasteiger partial charge in [-0.05, 0) is 12.8 Å². The number of amides is 1. The van der Waals surface area contributed by atoms with E-state index in [0.717, 1.165) is 0 Å². The minimum Gasteiger partial charge on any atom is -0.490 e. The Balaban J connectivity index is 2.69. The summed E-state index contributed by atoms with van der Waals surface area (Å²) in [6, 6.07) is -0.446. The number of nitrogens with one attached hydrogen (secondary N) is 2. The molecule has 2 N–H and O–H groups in total. The fourth-order valence-electron chi connectivity index (χ4n) is 1.36. The van der Waals surface area contributed by atoms with Gasteiger partial charge in [-0.25, -0.2) is 9.97 Å². The van der Waals surface area contributed by atoms with Crippen LogP contribution in [-0.2, 0) is 4.79 Å². The van der Waals surface area contributed by atoms with E-state index in [9.17, 15) is 4.79 Å². The second-order valence-electron chi connectivity index (χ2n) is 4.55. The highest BCUT2D eigenvalue weighted by molar-refractivity contribution is 6.31. The zero-order chi connectivity index (χ0) is 14.4. The van der Waals surface area contributed by atoms with Crippen LogP contribution in [0.15, 0.2) is 6.33 Å². The van der Waals surface area contributed by atoms with E-state index in [1.807, 2.05) is 13.8 Å². The molecule has 0 aliphatic rings. The highest BCUT2D eigenvalue weighted by atomic mass is 35.5. The molecule has 1 amide bonds. The average Bonchev–Trinajstić information content (AvgIpc) is 2.36. The van der Waals surface area contributed by atoms with E-state index in [2.05, 4.69) is 20.6 Å². The van der Waals surface area contributed by atoms with E-state index in [0.29, 0.717) is 24.0 Å². The molecule has 0 radical (unpaired) electrons. The Kier molecular flexibility index (Phi) is 5.82. The number of nitrogens with zero attached hydrogens (tertiary/aromatic N) is 2. The smallest absolute Gasteiger partial charge is 0.242 e. The highest BCUT2D eigenvalue weighted by Crippen LogP contribution is 2.28. The molecule has 106 valence electrons. The standard InChI is InChI=1S/C12H19ClN4O2/c1-7(2)5-14-12(18)8(3)17-11-9(19-4)10(13)15-6-16-11/h6-8H,5H2,1-4H3,(H,14,18)(H,15,16,17). The van der Waals surface area contributed by atoms with E-state index < -0.39 is 6.04 Å². The van der Waals surface area contributed by atoms with Crippen LogP contribution >= 0.6 is 11.6 Å². The maximum atomic E-state index is 11.8. The number of hydrogen-bond acceptors (Lipinski definition) is 5. The zero-order valence-electron chi connectivity index (χ0n) is 11.5. The van der Waals surface area contributed by atoms with Crippen molar-refractivity contribution in [3.05, 3.63) is 11.5 Å². The molecule has 1 aromatic rings. The molecule has 0 aliphatic heterocycles. The number of halogens is 1. The van der Waals surface area contributed by atoms with E-state index in [4.69, 9.17) is 16.3 Å². The number of ether oxygens (including phenoxy) is 1. The predicted molar refractivity (Wildman–Crippen MR) is 74.5 cm³/mol. The molecule has 0 spiro atoms. The van der Waals surface area contributed by atoms with Gasteiger partial charge in [0.25, 0.3) is 0 Å². The molecule has 6 nitrogen and oxygen atoms in total. The number of carbonyl (C=O) groups is 1. The molecule has 0 aliphatic carbocycles. The molecular formula is C12H19ClN4O2. The van der Waals surface area contributed by atoms with E-state index in [1.54, 1.807) is 6.92 Å². The molecule has 19 heavy (non-hydrogen) atoms. The second kappa shape index (κ2) is 7.13. The summed E-state index contributed by atoms with van der Waals surface area (Å²) in [5, 5.41) is 5.99. The number of hydrogen-bond donors (Lipinski definition) is 2. The van der Waals surface area contributed by atoms with E-state index in [-0.39, 0.29) is 11.1 Å². The van der Waals surface area contributed by atoms with Crippen molar-refractivity contribution in [1.29, 1.82) is 0 Å². The Labute approximate surface area is 117 Å². The molecule has 0 saturated heterocycles. The fourth-order valence-corrected chi connectivity index (χ4v) is 1.57. The maximum Gasteiger partial charge on any atom is 0.242 e. The van der Waals surface area contributed by atoms with Crippen molar-refractivity contribution < 1.29 is 9.53 Å². The average molecular weight is 287 g/mol. The molecule has 1 heterocycles. The monoisotopic (exact) mass is 286 g/mol. The summed E-state index contributed by atoms with van der Waals surface area (Å²) in [6.45, 7) is 6.44. The zero-order valence-corrected chi connectivity index (χ0v) is 12.3. The van der Waals surface area contributed by atoms with Crippen molar-refractivity contribution in [2.75, 3.05) is 19.0 Å². The molecule has 1 aromatic heterocycles. The quantitative estimate of drug-likeness (QED) is 0.779. The SMILES string of the molecule is COc1c(Cl)ncnc1NC(C)C(=O)NCC(C)C. The van der Waals surface area contributed by atoms with Crippen LogP contribution in [0, 0.1) is 5.92 Å². The Hall–Kier alpha value is -1.56. The lowest BCUT2D eigenvalue weighted by Crippen LogP contribution is -2.39. The summed E-state index contributed by atoms with van der Waals surface area (Å²) in [5.74, 6) is 1.02. The van der Waals surface area contributed by atoms with Crippen molar-refractivity contribution in [1.82, 2.24) is 15.3 Å². The summed E-state index contributed by atoms with van der Waals surface area (Å²) < 4.78 is 5.10. The van der Waals surface area contributed by atoms with Crippen molar-refractivity contribution in [3.8, 4) is 5.75 Å². The van der Waals surface area contributed by atoms with Gasteiger partial charge in [-0.3, -0.25) is 4.79 Å². The summed E-state index contributed by atoms with van der Waals surface area (Å²) in [4.78, 5) is 19.7. The minimum atomic E-state index is -0.446. The minimum absolute atomic E-state index is 0.106. The fraction of sp³-hybridized carbons (Fsp3) is 0.583. The Morgan fingerprint density at radius 1 is 1.42 bits per heavy atom. The van der Waals surface area contributed by atoms with Crippen LogP contribution in [0.3, 0.4) is 0 Å². The number of anilines is 1. The Morgan fingerprint density at radius 3 is 2.68 bits per heavy atom. The highest BCUT2D eigenvalue weighted by Gasteiger charge is 2.17. The van der Waals surface area contributed by atoms with Gasteiger partial charge in [0.2, 0.25) is 5.91 Å². The van der Waals surface area contributed by atoms with Crippen LogP contribution in [0.2, 0.25) is 5.15 Å². The van der Waals surface area contributed by atoms with Gasteiger partial charge < -0.3 is 15.4 Å². The number of methoxy groups -OCH3 is 1. The second-order valence-corrected chi connectivity index (χ2v) is 4.91. The maximum absolute atomic E-state index is 11.8. The molecule has 7 heteroatoms. The van der Waals surface area contributed by atoms with Crippen molar-refractivity contribution in [3.63, 3.8) is 0 Å². The van der Waals surface area contributed by atoms with Crippen molar-refractivity contribution in [2.45, 2.75) is 26.8 Å². The third-order valence-electron chi connectivity index (χ3n) is 2.40. The van der Waals surface area contributed by atoms with E-state index >= 15 is 0 Å². The van der Waals surface area contributed by atoms with Crippen LogP contribution in [0.5, 0.6) is 5.75 Å². The molecule has 0 fully saturated rings. The lowest BCUT2D eigenvalue weighted by atomic mass is 10.2. The predicted octanol–water partition coefficient (Wildman–Crippen LogP) is 1.71. The summed E-state index contributed by atoms with van der Waals surface area (Å²) in [5.41, 5.74) is 0. The first-order valence-corrected chi connectivity index (χ1v) is 6.42. The first-order valence-electron chi connectivity index (χ1n) is 6.04.